The topological polar surface area (TPSA) is 45.6 Å². The van der Waals surface area contributed by atoms with Gasteiger partial charge in [-0.2, -0.15) is 5.10 Å². The minimum Gasteiger partial charge on any atom is -0.273 e. The monoisotopic (exact) mass is 175 g/mol. The molecule has 1 aromatic rings. The summed E-state index contributed by atoms with van der Waals surface area (Å²) in [6, 6.07) is 3.75. The van der Waals surface area contributed by atoms with E-state index in [1.54, 1.807) is 18.6 Å². The zero-order valence-corrected chi connectivity index (χ0v) is 7.05. The smallest absolute Gasteiger partial charge is 0.248 e. The maximum absolute atomic E-state index is 11.2. The molecule has 1 amide bonds. The van der Waals surface area contributed by atoms with Gasteiger partial charge in [0, 0.05) is 18.6 Å². The van der Waals surface area contributed by atoms with E-state index in [1.165, 1.54) is 5.01 Å². The first-order valence-corrected chi connectivity index (χ1v) is 4.08. The van der Waals surface area contributed by atoms with E-state index in [-0.39, 0.29) is 5.91 Å². The Hall–Kier alpha value is -1.71. The van der Waals surface area contributed by atoms with E-state index in [0.717, 1.165) is 5.56 Å². The maximum Gasteiger partial charge on any atom is 0.248 e. The highest BCUT2D eigenvalue weighted by Gasteiger charge is 2.15. The van der Waals surface area contributed by atoms with Gasteiger partial charge in [0.15, 0.2) is 0 Å². The Balaban J connectivity index is 2.06. The van der Waals surface area contributed by atoms with Crippen molar-refractivity contribution in [1.82, 2.24) is 9.99 Å². The third kappa shape index (κ3) is 1.72. The lowest BCUT2D eigenvalue weighted by molar-refractivity contribution is -0.129. The summed E-state index contributed by atoms with van der Waals surface area (Å²) in [5.41, 5.74) is 1.04. The van der Waals surface area contributed by atoms with Crippen molar-refractivity contribution in [2.45, 2.75) is 13.0 Å². The molecule has 0 fully saturated rings. The first-order valence-electron chi connectivity index (χ1n) is 4.08. The quantitative estimate of drug-likeness (QED) is 0.667. The molecule has 0 saturated carbocycles. The van der Waals surface area contributed by atoms with Crippen molar-refractivity contribution in [3.63, 3.8) is 0 Å². The minimum absolute atomic E-state index is 0.0526. The molecule has 2 heterocycles. The molecule has 0 bridgehead atoms. The first-order chi connectivity index (χ1) is 6.36. The van der Waals surface area contributed by atoms with Crippen LogP contribution in [0.15, 0.2) is 29.6 Å². The Morgan fingerprint density at radius 3 is 2.77 bits per heavy atom. The standard InChI is InChI=1S/C9H9N3O/c13-9-3-6-11-12(9)7-8-1-4-10-5-2-8/h1-2,4-6H,3,7H2. The Morgan fingerprint density at radius 2 is 2.15 bits per heavy atom. The van der Waals surface area contributed by atoms with E-state index in [1.807, 2.05) is 12.1 Å². The highest BCUT2D eigenvalue weighted by Crippen LogP contribution is 2.08. The van der Waals surface area contributed by atoms with E-state index >= 15 is 0 Å². The Kier molecular flexibility index (Phi) is 2.04. The van der Waals surface area contributed by atoms with E-state index in [4.69, 9.17) is 0 Å². The van der Waals surface area contributed by atoms with Crippen molar-refractivity contribution in [3.8, 4) is 0 Å². The zero-order valence-electron chi connectivity index (χ0n) is 7.05. The summed E-state index contributed by atoms with van der Waals surface area (Å²) < 4.78 is 0. The fourth-order valence-corrected chi connectivity index (χ4v) is 1.18. The molecule has 13 heavy (non-hydrogen) atoms. The lowest BCUT2D eigenvalue weighted by atomic mass is 10.2. The van der Waals surface area contributed by atoms with Crippen LogP contribution in [0.2, 0.25) is 0 Å². The molecule has 66 valence electrons. The average molecular weight is 175 g/mol. The number of hydrogen-bond donors (Lipinski definition) is 0. The Morgan fingerprint density at radius 1 is 1.38 bits per heavy atom. The minimum atomic E-state index is 0.0526. The van der Waals surface area contributed by atoms with Gasteiger partial charge < -0.3 is 0 Å². The SMILES string of the molecule is O=C1CC=NN1Cc1ccncc1. The largest absolute Gasteiger partial charge is 0.273 e. The number of hydrazone groups is 1. The van der Waals surface area contributed by atoms with E-state index < -0.39 is 0 Å². The van der Waals surface area contributed by atoms with Crippen molar-refractivity contribution in [2.75, 3.05) is 0 Å². The average Bonchev–Trinajstić information content (AvgIpc) is 2.54. The molecule has 1 aromatic heterocycles. The van der Waals surface area contributed by atoms with Crippen LogP contribution in [-0.4, -0.2) is 22.1 Å². The van der Waals surface area contributed by atoms with Crippen molar-refractivity contribution >= 4 is 12.1 Å². The normalized spacial score (nSPS) is 15.4. The summed E-state index contributed by atoms with van der Waals surface area (Å²) in [7, 11) is 0. The summed E-state index contributed by atoms with van der Waals surface area (Å²) in [4.78, 5) is 15.1. The number of carbonyl (C=O) groups is 1. The number of nitrogens with zero attached hydrogens (tertiary/aromatic N) is 3. The summed E-state index contributed by atoms with van der Waals surface area (Å²) in [5, 5.41) is 5.42. The molecule has 4 heteroatoms. The highest BCUT2D eigenvalue weighted by molar-refractivity contribution is 5.93. The lowest BCUT2D eigenvalue weighted by Gasteiger charge is -2.10. The van der Waals surface area contributed by atoms with Crippen molar-refractivity contribution < 1.29 is 4.79 Å². The highest BCUT2D eigenvalue weighted by atomic mass is 16.2. The van der Waals surface area contributed by atoms with Crippen LogP contribution < -0.4 is 0 Å². The van der Waals surface area contributed by atoms with Crippen molar-refractivity contribution in [3.05, 3.63) is 30.1 Å². The molecule has 0 aromatic carbocycles. The predicted octanol–water partition coefficient (Wildman–Crippen LogP) is 0.800. The van der Waals surface area contributed by atoms with Gasteiger partial charge in [-0.05, 0) is 17.7 Å². The van der Waals surface area contributed by atoms with E-state index in [0.29, 0.717) is 13.0 Å². The molecule has 2 rings (SSSR count). The second kappa shape index (κ2) is 3.35. The number of carbonyl (C=O) groups excluding carboxylic acids is 1. The molecular weight excluding hydrogens is 166 g/mol. The number of rotatable bonds is 2. The van der Waals surface area contributed by atoms with Gasteiger partial charge in [-0.1, -0.05) is 0 Å². The van der Waals surface area contributed by atoms with Crippen LogP contribution >= 0.6 is 0 Å². The fourth-order valence-electron chi connectivity index (χ4n) is 1.18. The van der Waals surface area contributed by atoms with Gasteiger partial charge in [0.2, 0.25) is 5.91 Å². The molecule has 0 saturated heterocycles. The van der Waals surface area contributed by atoms with Gasteiger partial charge >= 0.3 is 0 Å². The van der Waals surface area contributed by atoms with Gasteiger partial charge in [0.25, 0.3) is 0 Å². The van der Waals surface area contributed by atoms with Crippen LogP contribution in [0.4, 0.5) is 0 Å². The third-order valence-corrected chi connectivity index (χ3v) is 1.86. The second-order valence-electron chi connectivity index (χ2n) is 2.81. The van der Waals surface area contributed by atoms with Gasteiger partial charge in [0.05, 0.1) is 13.0 Å². The van der Waals surface area contributed by atoms with Crippen LogP contribution in [0.5, 0.6) is 0 Å². The van der Waals surface area contributed by atoms with E-state index in [9.17, 15) is 4.79 Å². The van der Waals surface area contributed by atoms with Gasteiger partial charge in [-0.3, -0.25) is 9.78 Å². The molecular formula is C9H9N3O. The van der Waals surface area contributed by atoms with Crippen LogP contribution in [0.3, 0.4) is 0 Å². The summed E-state index contributed by atoms with van der Waals surface area (Å²) in [6.45, 7) is 0.540. The molecule has 0 aliphatic carbocycles. The van der Waals surface area contributed by atoms with Gasteiger partial charge in [0.1, 0.15) is 0 Å². The van der Waals surface area contributed by atoms with Crippen LogP contribution in [0.25, 0.3) is 0 Å². The predicted molar refractivity (Wildman–Crippen MR) is 47.9 cm³/mol. The van der Waals surface area contributed by atoms with E-state index in [2.05, 4.69) is 10.1 Å². The number of hydrogen-bond acceptors (Lipinski definition) is 3. The lowest BCUT2D eigenvalue weighted by Crippen LogP contribution is -2.19. The van der Waals surface area contributed by atoms with Crippen molar-refractivity contribution in [2.24, 2.45) is 5.10 Å². The van der Waals surface area contributed by atoms with Crippen molar-refractivity contribution in [1.29, 1.82) is 0 Å². The second-order valence-corrected chi connectivity index (χ2v) is 2.81. The molecule has 4 nitrogen and oxygen atoms in total. The zero-order chi connectivity index (χ0) is 9.10. The van der Waals surface area contributed by atoms with Gasteiger partial charge in [-0.15, -0.1) is 0 Å². The first kappa shape index (κ1) is 7.91. The van der Waals surface area contributed by atoms with Gasteiger partial charge in [-0.25, -0.2) is 5.01 Å². The van der Waals surface area contributed by atoms with Crippen LogP contribution in [-0.2, 0) is 11.3 Å². The third-order valence-electron chi connectivity index (χ3n) is 1.86. The maximum atomic E-state index is 11.2. The summed E-state index contributed by atoms with van der Waals surface area (Å²) in [6.07, 6.45) is 5.47. The molecule has 1 aliphatic rings. The molecule has 0 radical (unpaired) electrons. The number of aromatic nitrogens is 1. The summed E-state index contributed by atoms with van der Waals surface area (Å²) >= 11 is 0. The summed E-state index contributed by atoms with van der Waals surface area (Å²) in [5.74, 6) is 0.0526. The number of amides is 1. The molecule has 0 atom stereocenters. The molecule has 0 spiro atoms. The fraction of sp³-hybridized carbons (Fsp3) is 0.222. The molecule has 1 aliphatic heterocycles. The molecule has 0 unspecified atom stereocenters. The number of pyridine rings is 1. The van der Waals surface area contributed by atoms with Crippen LogP contribution in [0.1, 0.15) is 12.0 Å². The Labute approximate surface area is 75.9 Å². The van der Waals surface area contributed by atoms with Crippen LogP contribution in [0, 0.1) is 0 Å². The Bertz CT molecular complexity index is 334. The molecule has 0 N–H and O–H groups in total.